The maximum atomic E-state index is 10.4. The molecule has 5 N–H and O–H groups in total. The van der Waals surface area contributed by atoms with E-state index in [-0.39, 0.29) is 23.4 Å². The minimum Gasteiger partial charge on any atom is -0.508 e. The number of aliphatic hydroxyl groups excluding tert-OH is 3. The van der Waals surface area contributed by atoms with Gasteiger partial charge in [-0.2, -0.15) is 0 Å². The summed E-state index contributed by atoms with van der Waals surface area (Å²) in [7, 11) is 0. The molecule has 0 radical (unpaired) electrons. The zero-order chi connectivity index (χ0) is 22.8. The fourth-order valence-corrected chi connectivity index (χ4v) is 3.66. The molecule has 3 aromatic rings. The smallest absolute Gasteiger partial charge is 0.220 e. The summed E-state index contributed by atoms with van der Waals surface area (Å²) in [4.78, 5) is 15.5. The fourth-order valence-electron chi connectivity index (χ4n) is 3.66. The van der Waals surface area contributed by atoms with Crippen molar-refractivity contribution in [3.05, 3.63) is 46.6 Å². The van der Waals surface area contributed by atoms with Gasteiger partial charge in [0, 0.05) is 11.0 Å². The van der Waals surface area contributed by atoms with E-state index in [9.17, 15) is 20.4 Å². The first-order valence-electron chi connectivity index (χ1n) is 9.87. The van der Waals surface area contributed by atoms with Crippen molar-refractivity contribution in [2.45, 2.75) is 43.9 Å². The van der Waals surface area contributed by atoms with Gasteiger partial charge in [-0.1, -0.05) is 12.1 Å². The molecule has 0 amide bonds. The zero-order valence-corrected chi connectivity index (χ0v) is 17.0. The summed E-state index contributed by atoms with van der Waals surface area (Å²) in [6.07, 6.45) is -2.65. The van der Waals surface area contributed by atoms with Crippen LogP contribution in [0.25, 0.3) is 21.6 Å². The van der Waals surface area contributed by atoms with E-state index in [1.807, 2.05) is 19.1 Å². The molecule has 4 rings (SSSR count). The van der Waals surface area contributed by atoms with E-state index < -0.39 is 31.1 Å². The van der Waals surface area contributed by atoms with Gasteiger partial charge in [-0.05, 0) is 41.7 Å². The first-order chi connectivity index (χ1) is 15.4. The third-order valence-electron chi connectivity index (χ3n) is 5.20. The summed E-state index contributed by atoms with van der Waals surface area (Å²) in [5.41, 5.74) is 10.4. The molecule has 1 aromatic carbocycles. The Labute approximate surface area is 181 Å². The first kappa shape index (κ1) is 21.7. The number of aliphatic hydroxyl groups is 3. The molecular weight excluding hydrogens is 420 g/mol. The molecule has 13 heteroatoms. The van der Waals surface area contributed by atoms with Gasteiger partial charge in [0.05, 0.1) is 12.9 Å². The number of phenolic OH excluding ortho intramolecular Hbond substituents is 1. The van der Waals surface area contributed by atoms with E-state index in [1.165, 1.54) is 10.9 Å². The number of nitrogens with one attached hydrogen (secondary N) is 1. The number of aromatic nitrogens is 4. The number of anilines is 1. The van der Waals surface area contributed by atoms with E-state index in [2.05, 4.69) is 30.3 Å². The van der Waals surface area contributed by atoms with Crippen molar-refractivity contribution >= 4 is 22.9 Å². The summed E-state index contributed by atoms with van der Waals surface area (Å²) in [5, 5.41) is 45.9. The van der Waals surface area contributed by atoms with Gasteiger partial charge in [-0.25, -0.2) is 15.0 Å². The molecular formula is C19H22N8O5. The van der Waals surface area contributed by atoms with Crippen LogP contribution in [0.1, 0.15) is 18.7 Å². The van der Waals surface area contributed by atoms with Gasteiger partial charge in [-0.15, -0.1) is 0 Å². The monoisotopic (exact) mass is 442 g/mol. The summed E-state index contributed by atoms with van der Waals surface area (Å²) in [6.45, 7) is 1.46. The number of hydrogen-bond acceptors (Lipinski definition) is 10. The van der Waals surface area contributed by atoms with E-state index in [0.717, 1.165) is 5.56 Å². The van der Waals surface area contributed by atoms with Crippen molar-refractivity contribution in [1.29, 1.82) is 0 Å². The van der Waals surface area contributed by atoms with Crippen LogP contribution in [0.4, 0.5) is 11.8 Å². The maximum Gasteiger partial charge on any atom is 0.220 e. The summed E-state index contributed by atoms with van der Waals surface area (Å²) in [6, 6.07) is 6.71. The second-order valence-electron chi connectivity index (χ2n) is 7.53. The Morgan fingerprint density at radius 2 is 2.00 bits per heavy atom. The predicted octanol–water partition coefficient (Wildman–Crippen LogP) is 1.13. The minimum absolute atomic E-state index is 0.115. The first-order valence-corrected chi connectivity index (χ1v) is 9.87. The lowest BCUT2D eigenvalue weighted by molar-refractivity contribution is -0.0511. The second kappa shape index (κ2) is 8.94. The third-order valence-corrected chi connectivity index (χ3v) is 5.20. The SMILES string of the molecule is C[C@H](Cc1ccc(O)cc1)Nc1nc(N=[N+]=[N-])nc2c1ncn2C1O[C@H](CO)[C@@H](O)[C@H]1O. The molecule has 32 heavy (non-hydrogen) atoms. The Morgan fingerprint density at radius 3 is 2.66 bits per heavy atom. The molecule has 5 atom stereocenters. The van der Waals surface area contributed by atoms with E-state index in [0.29, 0.717) is 17.8 Å². The van der Waals surface area contributed by atoms with Crippen LogP contribution in [0.2, 0.25) is 0 Å². The molecule has 1 aliphatic rings. The Kier molecular flexibility index (Phi) is 6.08. The van der Waals surface area contributed by atoms with Crippen molar-refractivity contribution < 1.29 is 25.2 Å². The molecule has 1 saturated heterocycles. The highest BCUT2D eigenvalue weighted by atomic mass is 16.6. The average molecular weight is 442 g/mol. The number of nitrogens with zero attached hydrogens (tertiary/aromatic N) is 7. The third kappa shape index (κ3) is 4.15. The summed E-state index contributed by atoms with van der Waals surface area (Å²) < 4.78 is 6.96. The number of rotatable bonds is 7. The Hall–Kier alpha value is -3.48. The highest BCUT2D eigenvalue weighted by Crippen LogP contribution is 2.33. The summed E-state index contributed by atoms with van der Waals surface area (Å²) in [5.74, 6) is 0.336. The number of fused-ring (bicyclic) bond motifs is 1. The molecule has 0 aliphatic carbocycles. The van der Waals surface area contributed by atoms with Gasteiger partial charge < -0.3 is 30.5 Å². The Morgan fingerprint density at radius 1 is 1.25 bits per heavy atom. The van der Waals surface area contributed by atoms with Crippen LogP contribution in [0.15, 0.2) is 35.7 Å². The average Bonchev–Trinajstić information content (AvgIpc) is 3.31. The molecule has 0 spiro atoms. The standard InChI is InChI=1S/C19H22N8O5/c1-9(6-10-2-4-11(29)5-3-10)22-16-13-17(24-19(23-16)25-26-20)27(8-21-13)18-15(31)14(30)12(7-28)32-18/h2-5,8-9,12,14-15,18,28-31H,6-7H2,1H3,(H,22,23,24)/t9-,12-,14-,15-,18?/m1/s1. The largest absolute Gasteiger partial charge is 0.508 e. The lowest BCUT2D eigenvalue weighted by Gasteiger charge is -2.18. The van der Waals surface area contributed by atoms with Gasteiger partial charge in [0.2, 0.25) is 5.95 Å². The Balaban J connectivity index is 1.67. The molecule has 0 saturated carbocycles. The molecule has 1 fully saturated rings. The molecule has 13 nitrogen and oxygen atoms in total. The number of azide groups is 1. The quantitative estimate of drug-likeness (QED) is 0.202. The normalized spacial score (nSPS) is 23.8. The van der Waals surface area contributed by atoms with Crippen molar-refractivity contribution in [2.24, 2.45) is 5.11 Å². The number of hydrogen-bond donors (Lipinski definition) is 5. The predicted molar refractivity (Wildman–Crippen MR) is 112 cm³/mol. The van der Waals surface area contributed by atoms with Crippen LogP contribution in [0.5, 0.6) is 5.75 Å². The van der Waals surface area contributed by atoms with Crippen LogP contribution in [0, 0.1) is 0 Å². The highest BCUT2D eigenvalue weighted by molar-refractivity contribution is 5.84. The number of aromatic hydroxyl groups is 1. The molecule has 3 heterocycles. The number of phenols is 1. The number of imidazole rings is 1. The lowest BCUT2D eigenvalue weighted by atomic mass is 10.1. The maximum absolute atomic E-state index is 10.4. The van der Waals surface area contributed by atoms with Gasteiger partial charge in [0.1, 0.15) is 24.1 Å². The molecule has 1 unspecified atom stereocenters. The van der Waals surface area contributed by atoms with Crippen LogP contribution in [-0.4, -0.2) is 70.9 Å². The van der Waals surface area contributed by atoms with Crippen LogP contribution >= 0.6 is 0 Å². The van der Waals surface area contributed by atoms with E-state index >= 15 is 0 Å². The van der Waals surface area contributed by atoms with Gasteiger partial charge in [-0.3, -0.25) is 4.57 Å². The van der Waals surface area contributed by atoms with Crippen molar-refractivity contribution in [3.8, 4) is 5.75 Å². The van der Waals surface area contributed by atoms with Crippen molar-refractivity contribution in [2.75, 3.05) is 11.9 Å². The van der Waals surface area contributed by atoms with E-state index in [1.54, 1.807) is 12.1 Å². The Bertz CT molecular complexity index is 1150. The van der Waals surface area contributed by atoms with Crippen LogP contribution in [0.3, 0.4) is 0 Å². The van der Waals surface area contributed by atoms with Gasteiger partial charge in [0.15, 0.2) is 23.2 Å². The highest BCUT2D eigenvalue weighted by Gasteiger charge is 2.44. The minimum atomic E-state index is -1.33. The number of benzene rings is 1. The van der Waals surface area contributed by atoms with Crippen LogP contribution in [-0.2, 0) is 11.2 Å². The fraction of sp³-hybridized carbons (Fsp3) is 0.421. The van der Waals surface area contributed by atoms with Crippen LogP contribution < -0.4 is 5.32 Å². The lowest BCUT2D eigenvalue weighted by Crippen LogP contribution is -2.33. The van der Waals surface area contributed by atoms with Gasteiger partial charge in [0.25, 0.3) is 0 Å². The molecule has 168 valence electrons. The summed E-state index contributed by atoms with van der Waals surface area (Å²) >= 11 is 0. The van der Waals surface area contributed by atoms with Gasteiger partial charge >= 0.3 is 0 Å². The number of ether oxygens (including phenoxy) is 1. The molecule has 1 aliphatic heterocycles. The van der Waals surface area contributed by atoms with Crippen molar-refractivity contribution in [1.82, 2.24) is 19.5 Å². The topological polar surface area (TPSA) is 195 Å². The van der Waals surface area contributed by atoms with Crippen molar-refractivity contribution in [3.63, 3.8) is 0 Å². The second-order valence-corrected chi connectivity index (χ2v) is 7.53. The van der Waals surface area contributed by atoms with E-state index in [4.69, 9.17) is 10.3 Å². The molecule has 2 aromatic heterocycles. The zero-order valence-electron chi connectivity index (χ0n) is 17.0. The molecule has 0 bridgehead atoms.